The third kappa shape index (κ3) is 4.69. The Morgan fingerprint density at radius 3 is 2.70 bits per heavy atom. The molecule has 2 aromatic rings. The smallest absolute Gasteiger partial charge is 0.308 e. The highest BCUT2D eigenvalue weighted by atomic mass is 16.4. The summed E-state index contributed by atoms with van der Waals surface area (Å²) in [5, 5.41) is 27.7. The number of fused-ring (bicyclic) bond motifs is 1. The predicted molar refractivity (Wildman–Crippen MR) is 97.1 cm³/mol. The van der Waals surface area contributed by atoms with Crippen LogP contribution < -0.4 is 10.2 Å². The van der Waals surface area contributed by atoms with Crippen molar-refractivity contribution in [2.75, 3.05) is 24.5 Å². The van der Waals surface area contributed by atoms with Gasteiger partial charge in [-0.1, -0.05) is 13.8 Å². The molecule has 1 aliphatic rings. The van der Waals surface area contributed by atoms with Crippen LogP contribution in [0.15, 0.2) is 12.1 Å². The summed E-state index contributed by atoms with van der Waals surface area (Å²) in [7, 11) is 0. The van der Waals surface area contributed by atoms with Crippen molar-refractivity contribution in [3.05, 3.63) is 12.1 Å². The number of amides is 1. The van der Waals surface area contributed by atoms with E-state index in [-0.39, 0.29) is 24.3 Å². The summed E-state index contributed by atoms with van der Waals surface area (Å²) in [6, 6.07) is 3.68. The zero-order valence-corrected chi connectivity index (χ0v) is 15.6. The molecule has 2 aromatic heterocycles. The van der Waals surface area contributed by atoms with Gasteiger partial charge >= 0.3 is 5.97 Å². The molecule has 0 spiro atoms. The van der Waals surface area contributed by atoms with Crippen molar-refractivity contribution in [2.24, 2.45) is 17.8 Å². The number of rotatable bonds is 7. The number of carbonyl (C=O) groups excluding carboxylic acids is 1. The number of nitrogens with one attached hydrogen (secondary N) is 1. The minimum Gasteiger partial charge on any atom is -0.481 e. The van der Waals surface area contributed by atoms with Crippen LogP contribution in [-0.4, -0.2) is 61.9 Å². The van der Waals surface area contributed by atoms with Crippen LogP contribution in [0.5, 0.6) is 0 Å². The molecule has 1 atom stereocenters. The Morgan fingerprint density at radius 2 is 2.04 bits per heavy atom. The van der Waals surface area contributed by atoms with Gasteiger partial charge in [0, 0.05) is 25.6 Å². The molecule has 2 N–H and O–H groups in total. The van der Waals surface area contributed by atoms with Crippen molar-refractivity contribution in [3.8, 4) is 0 Å². The van der Waals surface area contributed by atoms with E-state index in [9.17, 15) is 14.7 Å². The number of carbonyl (C=O) groups is 2. The van der Waals surface area contributed by atoms with Crippen LogP contribution >= 0.6 is 0 Å². The number of nitrogens with zero attached hydrogens (tertiary/aromatic N) is 6. The summed E-state index contributed by atoms with van der Waals surface area (Å²) in [6.45, 7) is 5.55. The maximum absolute atomic E-state index is 12.4. The van der Waals surface area contributed by atoms with Gasteiger partial charge in [-0.3, -0.25) is 9.59 Å². The number of aromatic nitrogens is 5. The van der Waals surface area contributed by atoms with Gasteiger partial charge < -0.3 is 15.3 Å². The van der Waals surface area contributed by atoms with Gasteiger partial charge in [0.25, 0.3) is 0 Å². The molecule has 3 heterocycles. The quantitative estimate of drug-likeness (QED) is 0.720. The van der Waals surface area contributed by atoms with Crippen LogP contribution in [0.4, 0.5) is 5.82 Å². The van der Waals surface area contributed by atoms with Gasteiger partial charge in [-0.25, -0.2) is 0 Å². The fraction of sp³-hybridized carbons (Fsp3) is 0.647. The van der Waals surface area contributed by atoms with Crippen LogP contribution in [0.1, 0.15) is 33.1 Å². The third-order valence-electron chi connectivity index (χ3n) is 4.87. The van der Waals surface area contributed by atoms with E-state index in [4.69, 9.17) is 0 Å². The Morgan fingerprint density at radius 1 is 1.30 bits per heavy atom. The lowest BCUT2D eigenvalue weighted by atomic mass is 9.94. The van der Waals surface area contributed by atoms with E-state index in [1.165, 1.54) is 4.63 Å². The predicted octanol–water partition coefficient (Wildman–Crippen LogP) is 0.599. The lowest BCUT2D eigenvalue weighted by Gasteiger charge is -2.32. The maximum atomic E-state index is 12.4. The second kappa shape index (κ2) is 8.28. The van der Waals surface area contributed by atoms with Crippen molar-refractivity contribution in [3.63, 3.8) is 0 Å². The Hall–Kier alpha value is -2.78. The van der Waals surface area contributed by atoms with Crippen LogP contribution in [0.25, 0.3) is 5.65 Å². The van der Waals surface area contributed by atoms with E-state index in [0.29, 0.717) is 38.0 Å². The van der Waals surface area contributed by atoms with Gasteiger partial charge in [-0.05, 0) is 47.7 Å². The molecule has 1 aliphatic heterocycles. The molecule has 1 unspecified atom stereocenters. The normalized spacial score (nSPS) is 16.6. The number of carboxylic acids is 1. The minimum absolute atomic E-state index is 0.0615. The monoisotopic (exact) mass is 375 g/mol. The average Bonchev–Trinajstić information content (AvgIpc) is 3.12. The van der Waals surface area contributed by atoms with E-state index in [1.54, 1.807) is 0 Å². The number of tetrazole rings is 1. The SMILES string of the molecule is CC(C)CC(CNC(=O)C1CCN(c2ccc3nnnn3n2)CC1)C(=O)O. The Kier molecular flexibility index (Phi) is 5.82. The first kappa shape index (κ1) is 19.0. The summed E-state index contributed by atoms with van der Waals surface area (Å²) in [5.74, 6) is -0.517. The molecule has 10 heteroatoms. The largest absolute Gasteiger partial charge is 0.481 e. The first-order valence-electron chi connectivity index (χ1n) is 9.25. The van der Waals surface area contributed by atoms with E-state index < -0.39 is 11.9 Å². The highest BCUT2D eigenvalue weighted by Gasteiger charge is 2.27. The van der Waals surface area contributed by atoms with Gasteiger partial charge in [0.2, 0.25) is 5.91 Å². The lowest BCUT2D eigenvalue weighted by molar-refractivity contribution is -0.142. The molecular formula is C17H25N7O3. The Bertz CT molecular complexity index is 799. The van der Waals surface area contributed by atoms with Crippen LogP contribution in [0, 0.1) is 17.8 Å². The number of hydrogen-bond acceptors (Lipinski definition) is 7. The molecule has 27 heavy (non-hydrogen) atoms. The van der Waals surface area contributed by atoms with Crippen molar-refractivity contribution in [1.82, 2.24) is 30.6 Å². The molecule has 10 nitrogen and oxygen atoms in total. The van der Waals surface area contributed by atoms with Crippen LogP contribution in [0.3, 0.4) is 0 Å². The van der Waals surface area contributed by atoms with Crippen LogP contribution in [0.2, 0.25) is 0 Å². The number of hydrogen-bond donors (Lipinski definition) is 2. The van der Waals surface area contributed by atoms with Crippen molar-refractivity contribution in [1.29, 1.82) is 0 Å². The van der Waals surface area contributed by atoms with E-state index in [2.05, 4.69) is 30.8 Å². The van der Waals surface area contributed by atoms with Crippen molar-refractivity contribution in [2.45, 2.75) is 33.1 Å². The van der Waals surface area contributed by atoms with E-state index >= 15 is 0 Å². The Labute approximate surface area is 156 Å². The van der Waals surface area contributed by atoms with Gasteiger partial charge in [0.15, 0.2) is 11.5 Å². The molecule has 1 saturated heterocycles. The van der Waals surface area contributed by atoms with Gasteiger partial charge in [-0.2, -0.15) is 0 Å². The molecule has 0 aromatic carbocycles. The molecule has 146 valence electrons. The van der Waals surface area contributed by atoms with Crippen LogP contribution in [-0.2, 0) is 9.59 Å². The Balaban J connectivity index is 1.50. The molecule has 1 fully saturated rings. The summed E-state index contributed by atoms with van der Waals surface area (Å²) >= 11 is 0. The molecule has 0 aliphatic carbocycles. The van der Waals surface area contributed by atoms with Gasteiger partial charge in [-0.15, -0.1) is 14.8 Å². The molecule has 3 rings (SSSR count). The highest BCUT2D eigenvalue weighted by Crippen LogP contribution is 2.22. The summed E-state index contributed by atoms with van der Waals surface area (Å²) < 4.78 is 1.38. The highest BCUT2D eigenvalue weighted by molar-refractivity contribution is 5.80. The fourth-order valence-electron chi connectivity index (χ4n) is 3.39. The molecule has 0 radical (unpaired) electrons. The topological polar surface area (TPSA) is 126 Å². The minimum atomic E-state index is -0.858. The molecule has 0 bridgehead atoms. The number of anilines is 1. The van der Waals surface area contributed by atoms with E-state index in [0.717, 1.165) is 5.82 Å². The number of carboxylic acid groups (broad SMARTS) is 1. The summed E-state index contributed by atoms with van der Waals surface area (Å²) in [5.41, 5.74) is 0.586. The van der Waals surface area contributed by atoms with Crippen molar-refractivity contribution >= 4 is 23.3 Å². The third-order valence-corrected chi connectivity index (χ3v) is 4.87. The zero-order valence-electron chi connectivity index (χ0n) is 15.6. The molecular weight excluding hydrogens is 350 g/mol. The summed E-state index contributed by atoms with van der Waals surface area (Å²) in [6.07, 6.45) is 1.95. The molecule has 1 amide bonds. The first-order valence-corrected chi connectivity index (χ1v) is 9.25. The summed E-state index contributed by atoms with van der Waals surface area (Å²) in [4.78, 5) is 25.8. The second-order valence-electron chi connectivity index (χ2n) is 7.39. The maximum Gasteiger partial charge on any atom is 0.308 e. The van der Waals surface area contributed by atoms with Gasteiger partial charge in [0.1, 0.15) is 0 Å². The fourth-order valence-corrected chi connectivity index (χ4v) is 3.39. The number of piperidine rings is 1. The van der Waals surface area contributed by atoms with Gasteiger partial charge in [0.05, 0.1) is 5.92 Å². The molecule has 0 saturated carbocycles. The lowest BCUT2D eigenvalue weighted by Crippen LogP contribution is -2.43. The zero-order chi connectivity index (χ0) is 19.4. The van der Waals surface area contributed by atoms with E-state index in [1.807, 2.05) is 26.0 Å². The average molecular weight is 375 g/mol. The van der Waals surface area contributed by atoms with Crippen molar-refractivity contribution < 1.29 is 14.7 Å². The first-order chi connectivity index (χ1) is 12.9. The standard InChI is InChI=1S/C17H25N7O3/c1-11(2)9-13(17(26)27)10-18-16(25)12-5-7-23(8-6-12)15-4-3-14-19-21-22-24(14)20-15/h3-4,11-13H,5-10H2,1-2H3,(H,18,25)(H,26,27). The number of aliphatic carboxylic acids is 1. The second-order valence-corrected chi connectivity index (χ2v) is 7.39.